The van der Waals surface area contributed by atoms with Crippen molar-refractivity contribution in [2.75, 3.05) is 32.6 Å². The van der Waals surface area contributed by atoms with Gasteiger partial charge >= 0.3 is 0 Å². The summed E-state index contributed by atoms with van der Waals surface area (Å²) >= 11 is 0. The summed E-state index contributed by atoms with van der Waals surface area (Å²) in [4.78, 5) is 28.8. The molecular formula is C24H25N3O3. The minimum Gasteiger partial charge on any atom is -0.495 e. The fraction of sp³-hybridized carbons (Fsp3) is 0.250. The maximum absolute atomic E-state index is 12.8. The normalized spacial score (nSPS) is 16.1. The Kier molecular flexibility index (Phi) is 5.31. The van der Waals surface area contributed by atoms with Crippen LogP contribution in [0.15, 0.2) is 72.1 Å². The number of methoxy groups -OCH3 is 1. The average Bonchev–Trinajstić information content (AvgIpc) is 2.99. The number of hydrogen-bond donors (Lipinski definition) is 1. The van der Waals surface area contributed by atoms with Crippen molar-refractivity contribution in [2.24, 2.45) is 0 Å². The van der Waals surface area contributed by atoms with E-state index in [-0.39, 0.29) is 18.4 Å². The van der Waals surface area contributed by atoms with Gasteiger partial charge in [-0.25, -0.2) is 0 Å². The summed E-state index contributed by atoms with van der Waals surface area (Å²) in [5, 5.41) is 2.93. The van der Waals surface area contributed by atoms with Crippen molar-refractivity contribution >= 4 is 17.5 Å². The van der Waals surface area contributed by atoms with Crippen LogP contribution in [0.5, 0.6) is 5.75 Å². The van der Waals surface area contributed by atoms with Gasteiger partial charge in [0.2, 0.25) is 5.91 Å². The molecule has 0 bridgehead atoms. The van der Waals surface area contributed by atoms with Crippen molar-refractivity contribution in [3.63, 3.8) is 0 Å². The van der Waals surface area contributed by atoms with Crippen LogP contribution < -0.4 is 10.1 Å². The van der Waals surface area contributed by atoms with E-state index in [0.29, 0.717) is 23.7 Å². The average molecular weight is 403 g/mol. The molecule has 2 aliphatic rings. The Bertz CT molecular complexity index is 1040. The molecule has 6 heteroatoms. The number of allylic oxidation sites excluding steroid dienone is 1. The molecule has 2 heterocycles. The first kappa shape index (κ1) is 19.8. The third-order valence-electron chi connectivity index (χ3n) is 5.63. The van der Waals surface area contributed by atoms with Crippen LogP contribution in [0.2, 0.25) is 0 Å². The van der Waals surface area contributed by atoms with Crippen LogP contribution in [0.1, 0.15) is 12.8 Å². The van der Waals surface area contributed by atoms with Crippen molar-refractivity contribution in [3.05, 3.63) is 72.1 Å². The van der Waals surface area contributed by atoms with Gasteiger partial charge in [0.25, 0.3) is 5.91 Å². The topological polar surface area (TPSA) is 61.9 Å². The monoisotopic (exact) mass is 403 g/mol. The highest BCUT2D eigenvalue weighted by atomic mass is 16.5. The zero-order chi connectivity index (χ0) is 21.3. The fourth-order valence-corrected chi connectivity index (χ4v) is 4.02. The number of rotatable bonds is 5. The molecule has 0 unspecified atom stereocenters. The van der Waals surface area contributed by atoms with Crippen LogP contribution in [-0.4, -0.2) is 48.9 Å². The molecule has 2 aromatic rings. The minimum atomic E-state index is -0.192. The smallest absolute Gasteiger partial charge is 0.274 e. The molecule has 0 radical (unpaired) electrons. The summed E-state index contributed by atoms with van der Waals surface area (Å²) in [6.45, 7) is 4.79. The van der Waals surface area contributed by atoms with Gasteiger partial charge < -0.3 is 19.9 Å². The lowest BCUT2D eigenvalue weighted by Crippen LogP contribution is -2.38. The molecule has 154 valence electrons. The Morgan fingerprint density at radius 2 is 1.93 bits per heavy atom. The predicted molar refractivity (Wildman–Crippen MR) is 117 cm³/mol. The van der Waals surface area contributed by atoms with E-state index in [0.717, 1.165) is 35.2 Å². The Hall–Kier alpha value is -3.54. The van der Waals surface area contributed by atoms with Gasteiger partial charge in [-0.3, -0.25) is 9.59 Å². The second kappa shape index (κ2) is 8.06. The summed E-state index contributed by atoms with van der Waals surface area (Å²) in [5.41, 5.74) is 4.98. The summed E-state index contributed by atoms with van der Waals surface area (Å²) in [6, 6.07) is 15.7. The number of nitrogens with one attached hydrogen (secondary N) is 1. The lowest BCUT2D eigenvalue weighted by atomic mass is 10.0. The highest BCUT2D eigenvalue weighted by Crippen LogP contribution is 2.36. The SMILES string of the molecule is C=C1C2=C(C(=O)N1C)N(CC(=O)Nc1ccc(-c3ccccc3)cc1OC)CCC2. The third kappa shape index (κ3) is 3.56. The highest BCUT2D eigenvalue weighted by Gasteiger charge is 2.37. The van der Waals surface area contributed by atoms with E-state index in [2.05, 4.69) is 11.9 Å². The van der Waals surface area contributed by atoms with Crippen LogP contribution in [0, 0.1) is 0 Å². The molecule has 2 aromatic carbocycles. The van der Waals surface area contributed by atoms with Crippen molar-refractivity contribution in [1.29, 1.82) is 0 Å². The molecule has 4 rings (SSSR count). The Morgan fingerprint density at radius 1 is 1.17 bits per heavy atom. The van der Waals surface area contributed by atoms with Crippen LogP contribution in [-0.2, 0) is 9.59 Å². The van der Waals surface area contributed by atoms with Gasteiger partial charge in [-0.1, -0.05) is 43.0 Å². The van der Waals surface area contributed by atoms with Gasteiger partial charge in [0, 0.05) is 24.9 Å². The van der Waals surface area contributed by atoms with Gasteiger partial charge in [0.05, 0.1) is 19.3 Å². The molecule has 0 fully saturated rings. The zero-order valence-electron chi connectivity index (χ0n) is 17.3. The molecule has 0 saturated carbocycles. The molecule has 0 aromatic heterocycles. The number of hydrogen-bond acceptors (Lipinski definition) is 4. The van der Waals surface area contributed by atoms with Crippen LogP contribution >= 0.6 is 0 Å². The standard InChI is InChI=1S/C24H25N3O3/c1-16-19-10-7-13-27(23(19)24(29)26(16)2)15-22(28)25-20-12-11-18(14-21(20)30-3)17-8-5-4-6-9-17/h4-6,8-9,11-12,14H,1,7,10,13,15H2,2-3H3,(H,25,28). The van der Waals surface area contributed by atoms with Crippen molar-refractivity contribution in [1.82, 2.24) is 9.80 Å². The summed E-state index contributed by atoms with van der Waals surface area (Å²) < 4.78 is 5.50. The maximum Gasteiger partial charge on any atom is 0.274 e. The van der Waals surface area contributed by atoms with Crippen molar-refractivity contribution < 1.29 is 14.3 Å². The lowest BCUT2D eigenvalue weighted by molar-refractivity contribution is -0.125. The van der Waals surface area contributed by atoms with Crippen LogP contribution in [0.3, 0.4) is 0 Å². The molecule has 0 atom stereocenters. The lowest BCUT2D eigenvalue weighted by Gasteiger charge is -2.28. The zero-order valence-corrected chi connectivity index (χ0v) is 17.3. The molecule has 30 heavy (non-hydrogen) atoms. The first-order valence-corrected chi connectivity index (χ1v) is 9.98. The number of likely N-dealkylation sites (N-methyl/N-ethyl adjacent to an activating group) is 1. The molecule has 0 spiro atoms. The van der Waals surface area contributed by atoms with Gasteiger partial charge in [-0.2, -0.15) is 0 Å². The number of carbonyl (C=O) groups excluding carboxylic acids is 2. The van der Waals surface area contributed by atoms with Crippen molar-refractivity contribution in [2.45, 2.75) is 12.8 Å². The van der Waals surface area contributed by atoms with Crippen LogP contribution in [0.25, 0.3) is 11.1 Å². The molecular weight excluding hydrogens is 378 g/mol. The van der Waals surface area contributed by atoms with E-state index in [1.807, 2.05) is 53.4 Å². The number of nitrogens with zero attached hydrogens (tertiary/aromatic N) is 2. The molecule has 0 aliphatic carbocycles. The summed E-state index contributed by atoms with van der Waals surface area (Å²) in [5.74, 6) is 0.308. The Labute approximate surface area is 176 Å². The van der Waals surface area contributed by atoms with E-state index < -0.39 is 0 Å². The summed E-state index contributed by atoms with van der Waals surface area (Å²) in [6.07, 6.45) is 1.71. The van der Waals surface area contributed by atoms with Gasteiger partial charge in [0.1, 0.15) is 11.4 Å². The second-order valence-corrected chi connectivity index (χ2v) is 7.49. The number of anilines is 1. The van der Waals surface area contributed by atoms with E-state index >= 15 is 0 Å². The molecule has 2 aliphatic heterocycles. The molecule has 1 N–H and O–H groups in total. The number of ether oxygens (including phenoxy) is 1. The van der Waals surface area contributed by atoms with Gasteiger partial charge in [-0.15, -0.1) is 0 Å². The molecule has 2 amide bonds. The van der Waals surface area contributed by atoms with Crippen molar-refractivity contribution in [3.8, 4) is 16.9 Å². The van der Waals surface area contributed by atoms with E-state index in [1.54, 1.807) is 19.1 Å². The Morgan fingerprint density at radius 3 is 2.67 bits per heavy atom. The largest absolute Gasteiger partial charge is 0.495 e. The van der Waals surface area contributed by atoms with E-state index in [4.69, 9.17) is 4.74 Å². The van der Waals surface area contributed by atoms with E-state index in [9.17, 15) is 9.59 Å². The Balaban J connectivity index is 1.50. The third-order valence-corrected chi connectivity index (χ3v) is 5.63. The van der Waals surface area contributed by atoms with E-state index in [1.165, 1.54) is 0 Å². The second-order valence-electron chi connectivity index (χ2n) is 7.49. The number of amides is 2. The first-order valence-electron chi connectivity index (χ1n) is 9.98. The molecule has 0 saturated heterocycles. The first-order chi connectivity index (χ1) is 14.5. The number of benzene rings is 2. The molecule has 6 nitrogen and oxygen atoms in total. The highest BCUT2D eigenvalue weighted by molar-refractivity contribution is 6.01. The quantitative estimate of drug-likeness (QED) is 0.828. The predicted octanol–water partition coefficient (Wildman–Crippen LogP) is 3.64. The number of carbonyl (C=O) groups is 2. The van der Waals surface area contributed by atoms with Gasteiger partial charge in [0.15, 0.2) is 0 Å². The van der Waals surface area contributed by atoms with Gasteiger partial charge in [-0.05, 0) is 36.1 Å². The fourth-order valence-electron chi connectivity index (χ4n) is 4.02. The van der Waals surface area contributed by atoms with Crippen LogP contribution in [0.4, 0.5) is 5.69 Å². The maximum atomic E-state index is 12.8. The minimum absolute atomic E-state index is 0.0905. The summed E-state index contributed by atoms with van der Waals surface area (Å²) in [7, 11) is 3.31.